The summed E-state index contributed by atoms with van der Waals surface area (Å²) in [7, 11) is 0. The Morgan fingerprint density at radius 3 is 2.79 bits per heavy atom. The van der Waals surface area contributed by atoms with E-state index in [-0.39, 0.29) is 5.91 Å². The molecule has 5 heteroatoms. The number of nitrogens with zero attached hydrogens (tertiary/aromatic N) is 1. The van der Waals surface area contributed by atoms with Crippen LogP contribution in [0.1, 0.15) is 17.2 Å². The Morgan fingerprint density at radius 1 is 1.32 bits per heavy atom. The van der Waals surface area contributed by atoms with E-state index in [1.165, 1.54) is 0 Å². The molecule has 0 radical (unpaired) electrons. The Kier molecular flexibility index (Phi) is 2.98. The first-order valence-electron chi connectivity index (χ1n) is 5.83. The van der Waals surface area contributed by atoms with Crippen LogP contribution in [0.4, 0.5) is 5.82 Å². The van der Waals surface area contributed by atoms with Crippen LogP contribution in [-0.4, -0.2) is 10.9 Å². The Labute approximate surface area is 118 Å². The highest BCUT2D eigenvalue weighted by Gasteiger charge is 2.29. The molecule has 2 aromatic rings. The molecule has 1 aromatic carbocycles. The zero-order chi connectivity index (χ0) is 13.4. The van der Waals surface area contributed by atoms with Crippen molar-refractivity contribution in [3.63, 3.8) is 0 Å². The Balaban J connectivity index is 1.96. The van der Waals surface area contributed by atoms with Gasteiger partial charge in [-0.3, -0.25) is 4.79 Å². The zero-order valence-electron chi connectivity index (χ0n) is 10.2. The smallest absolute Gasteiger partial charge is 0.271 e. The van der Waals surface area contributed by atoms with Crippen molar-refractivity contribution in [1.29, 1.82) is 0 Å². The van der Waals surface area contributed by atoms with Crippen molar-refractivity contribution in [2.45, 2.75) is 13.0 Å². The van der Waals surface area contributed by atoms with Crippen LogP contribution in [0.5, 0.6) is 5.75 Å². The molecule has 0 saturated carbocycles. The monoisotopic (exact) mass is 318 g/mol. The van der Waals surface area contributed by atoms with Gasteiger partial charge in [0.25, 0.3) is 5.91 Å². The molecule has 0 aliphatic carbocycles. The number of hydrogen-bond donors (Lipinski definition) is 1. The minimum Gasteiger partial charge on any atom is -0.472 e. The van der Waals surface area contributed by atoms with Gasteiger partial charge >= 0.3 is 0 Å². The molecule has 1 aromatic heterocycles. The van der Waals surface area contributed by atoms with Gasteiger partial charge < -0.3 is 10.1 Å². The van der Waals surface area contributed by atoms with Crippen molar-refractivity contribution in [2.75, 3.05) is 5.32 Å². The standard InChI is InChI=1S/C14H11BrN2O2/c1-8-2-4-9(5-3-8)12-14(18)17-13-11(19-12)6-10(15)7-16-13/h2-7,12H,1H3,(H,16,17,18). The average Bonchev–Trinajstić information content (AvgIpc) is 2.40. The Bertz CT molecular complexity index is 640. The molecule has 0 bridgehead atoms. The molecule has 1 amide bonds. The van der Waals surface area contributed by atoms with Crippen LogP contribution >= 0.6 is 15.9 Å². The number of nitrogens with one attached hydrogen (secondary N) is 1. The van der Waals surface area contributed by atoms with Crippen molar-refractivity contribution in [1.82, 2.24) is 4.98 Å². The molecule has 3 rings (SSSR count). The number of pyridine rings is 1. The van der Waals surface area contributed by atoms with E-state index >= 15 is 0 Å². The molecule has 0 saturated heterocycles. The summed E-state index contributed by atoms with van der Waals surface area (Å²) < 4.78 is 6.56. The summed E-state index contributed by atoms with van der Waals surface area (Å²) in [6.07, 6.45) is 0.985. The highest BCUT2D eigenvalue weighted by molar-refractivity contribution is 9.10. The van der Waals surface area contributed by atoms with Crippen molar-refractivity contribution in [2.24, 2.45) is 0 Å². The van der Waals surface area contributed by atoms with Gasteiger partial charge in [-0.25, -0.2) is 4.98 Å². The number of amides is 1. The summed E-state index contributed by atoms with van der Waals surface area (Å²) in [4.78, 5) is 16.1. The molecule has 1 aliphatic heterocycles. The van der Waals surface area contributed by atoms with Gasteiger partial charge in [-0.05, 0) is 28.9 Å². The maximum atomic E-state index is 12.0. The maximum absolute atomic E-state index is 12.0. The van der Waals surface area contributed by atoms with E-state index in [0.29, 0.717) is 11.6 Å². The molecule has 1 unspecified atom stereocenters. The van der Waals surface area contributed by atoms with E-state index in [9.17, 15) is 4.79 Å². The second-order valence-electron chi connectivity index (χ2n) is 4.40. The number of aromatic nitrogens is 1. The second kappa shape index (κ2) is 4.66. The summed E-state index contributed by atoms with van der Waals surface area (Å²) in [5.41, 5.74) is 1.97. The van der Waals surface area contributed by atoms with Crippen LogP contribution in [0.25, 0.3) is 0 Å². The molecular formula is C14H11BrN2O2. The molecule has 4 nitrogen and oxygen atoms in total. The van der Waals surface area contributed by atoms with Crippen LogP contribution in [0.15, 0.2) is 41.0 Å². The van der Waals surface area contributed by atoms with Crippen LogP contribution in [0, 0.1) is 6.92 Å². The predicted molar refractivity (Wildman–Crippen MR) is 75.1 cm³/mol. The van der Waals surface area contributed by atoms with E-state index in [4.69, 9.17) is 4.74 Å². The number of carbonyl (C=O) groups is 1. The van der Waals surface area contributed by atoms with Crippen molar-refractivity contribution in [3.8, 4) is 5.75 Å². The zero-order valence-corrected chi connectivity index (χ0v) is 11.8. The predicted octanol–water partition coefficient (Wildman–Crippen LogP) is 3.22. The number of anilines is 1. The third-order valence-corrected chi connectivity index (χ3v) is 3.36. The first-order valence-corrected chi connectivity index (χ1v) is 6.62. The van der Waals surface area contributed by atoms with Gasteiger partial charge in [-0.2, -0.15) is 0 Å². The van der Waals surface area contributed by atoms with Crippen LogP contribution in [-0.2, 0) is 4.79 Å². The molecule has 1 aliphatic rings. The number of ether oxygens (including phenoxy) is 1. The Morgan fingerprint density at radius 2 is 2.05 bits per heavy atom. The molecule has 96 valence electrons. The fourth-order valence-corrected chi connectivity index (χ4v) is 2.24. The molecule has 2 heterocycles. The molecule has 1 atom stereocenters. The van der Waals surface area contributed by atoms with E-state index in [2.05, 4.69) is 26.2 Å². The highest BCUT2D eigenvalue weighted by Crippen LogP contribution is 2.34. The number of fused-ring (bicyclic) bond motifs is 1. The first kappa shape index (κ1) is 12.2. The summed E-state index contributed by atoms with van der Waals surface area (Å²) >= 11 is 3.34. The van der Waals surface area contributed by atoms with Crippen LogP contribution in [0.3, 0.4) is 0 Å². The molecule has 19 heavy (non-hydrogen) atoms. The van der Waals surface area contributed by atoms with Crippen molar-refractivity contribution >= 4 is 27.7 Å². The van der Waals surface area contributed by atoms with Gasteiger partial charge in [0, 0.05) is 16.2 Å². The minimum atomic E-state index is -0.635. The lowest BCUT2D eigenvalue weighted by Crippen LogP contribution is -2.30. The second-order valence-corrected chi connectivity index (χ2v) is 5.31. The lowest BCUT2D eigenvalue weighted by atomic mass is 10.1. The van der Waals surface area contributed by atoms with Gasteiger partial charge in [0.15, 0.2) is 11.6 Å². The van der Waals surface area contributed by atoms with Crippen LogP contribution < -0.4 is 10.1 Å². The van der Waals surface area contributed by atoms with Crippen molar-refractivity contribution < 1.29 is 9.53 Å². The topological polar surface area (TPSA) is 51.2 Å². The largest absolute Gasteiger partial charge is 0.472 e. The normalized spacial score (nSPS) is 17.4. The number of benzene rings is 1. The number of halogens is 1. The number of hydrogen-bond acceptors (Lipinski definition) is 3. The van der Waals surface area contributed by atoms with Gasteiger partial charge in [-0.1, -0.05) is 29.8 Å². The van der Waals surface area contributed by atoms with Gasteiger partial charge in [0.05, 0.1) is 0 Å². The summed E-state index contributed by atoms with van der Waals surface area (Å²) in [5, 5.41) is 2.75. The number of rotatable bonds is 1. The number of carbonyl (C=O) groups excluding carboxylic acids is 1. The molecule has 0 spiro atoms. The highest BCUT2D eigenvalue weighted by atomic mass is 79.9. The SMILES string of the molecule is Cc1ccc(C2Oc3cc(Br)cnc3NC2=O)cc1. The third kappa shape index (κ3) is 2.33. The fraction of sp³-hybridized carbons (Fsp3) is 0.143. The summed E-state index contributed by atoms with van der Waals surface area (Å²) in [6, 6.07) is 9.51. The first-order chi connectivity index (χ1) is 9.13. The lowest BCUT2D eigenvalue weighted by Gasteiger charge is -2.25. The molecule has 1 N–H and O–H groups in total. The van der Waals surface area contributed by atoms with E-state index in [1.807, 2.05) is 31.2 Å². The van der Waals surface area contributed by atoms with Gasteiger partial charge in [-0.15, -0.1) is 0 Å². The van der Waals surface area contributed by atoms with Crippen LogP contribution in [0.2, 0.25) is 0 Å². The minimum absolute atomic E-state index is 0.203. The number of aryl methyl sites for hydroxylation is 1. The van der Waals surface area contributed by atoms with Crippen molar-refractivity contribution in [3.05, 3.63) is 52.1 Å². The Hall–Kier alpha value is -1.88. The maximum Gasteiger partial charge on any atom is 0.271 e. The van der Waals surface area contributed by atoms with Gasteiger partial charge in [0.2, 0.25) is 6.10 Å². The van der Waals surface area contributed by atoms with E-state index < -0.39 is 6.10 Å². The van der Waals surface area contributed by atoms with Gasteiger partial charge in [0.1, 0.15) is 0 Å². The molecular weight excluding hydrogens is 308 g/mol. The molecule has 0 fully saturated rings. The third-order valence-electron chi connectivity index (χ3n) is 2.92. The summed E-state index contributed by atoms with van der Waals surface area (Å²) in [5.74, 6) is 0.822. The fourth-order valence-electron chi connectivity index (χ4n) is 1.93. The van der Waals surface area contributed by atoms with E-state index in [0.717, 1.165) is 15.6 Å². The lowest BCUT2D eigenvalue weighted by molar-refractivity contribution is -0.123. The van der Waals surface area contributed by atoms with E-state index in [1.54, 1.807) is 12.3 Å². The quantitative estimate of drug-likeness (QED) is 0.878. The summed E-state index contributed by atoms with van der Waals surface area (Å²) in [6.45, 7) is 2.00. The average molecular weight is 319 g/mol.